The highest BCUT2D eigenvalue weighted by Crippen LogP contribution is 2.27. The number of rotatable bonds is 3. The highest BCUT2D eigenvalue weighted by Gasteiger charge is 2.04. The van der Waals surface area contributed by atoms with E-state index in [0.717, 1.165) is 5.69 Å². The van der Waals surface area contributed by atoms with E-state index in [2.05, 4.69) is 10.6 Å². The van der Waals surface area contributed by atoms with Crippen LogP contribution in [0, 0.1) is 0 Å². The van der Waals surface area contributed by atoms with Crippen LogP contribution in [0.3, 0.4) is 0 Å². The number of benzene rings is 1. The van der Waals surface area contributed by atoms with Gasteiger partial charge in [-0.25, -0.2) is 0 Å². The Morgan fingerprint density at radius 2 is 2.14 bits per heavy atom. The molecule has 14 heavy (non-hydrogen) atoms. The summed E-state index contributed by atoms with van der Waals surface area (Å²) in [5, 5.41) is 5.67. The average Bonchev–Trinajstić information content (AvgIpc) is 2.17. The van der Waals surface area contributed by atoms with Crippen molar-refractivity contribution in [1.29, 1.82) is 0 Å². The van der Waals surface area contributed by atoms with Crippen LogP contribution >= 0.6 is 0 Å². The molecule has 1 aromatic rings. The van der Waals surface area contributed by atoms with Gasteiger partial charge in [-0.1, -0.05) is 0 Å². The van der Waals surface area contributed by atoms with Crippen LogP contribution in [-0.2, 0) is 4.79 Å². The molecule has 1 rings (SSSR count). The summed E-state index contributed by atoms with van der Waals surface area (Å²) in [6, 6.07) is 5.49. The van der Waals surface area contributed by atoms with E-state index < -0.39 is 0 Å². The van der Waals surface area contributed by atoms with Crippen LogP contribution < -0.4 is 15.4 Å². The van der Waals surface area contributed by atoms with Crippen molar-refractivity contribution in [1.82, 2.24) is 0 Å². The van der Waals surface area contributed by atoms with Crippen LogP contribution in [0.25, 0.3) is 0 Å². The van der Waals surface area contributed by atoms with Crippen LogP contribution in [0.1, 0.15) is 6.92 Å². The van der Waals surface area contributed by atoms with Crippen molar-refractivity contribution in [2.45, 2.75) is 6.92 Å². The molecule has 0 radical (unpaired) electrons. The van der Waals surface area contributed by atoms with Crippen molar-refractivity contribution in [3.05, 3.63) is 18.2 Å². The minimum absolute atomic E-state index is 0.111. The lowest BCUT2D eigenvalue weighted by atomic mass is 10.2. The zero-order valence-corrected chi connectivity index (χ0v) is 8.55. The van der Waals surface area contributed by atoms with Gasteiger partial charge in [0.15, 0.2) is 0 Å². The molecule has 0 saturated heterocycles. The maximum atomic E-state index is 10.9. The first-order chi connectivity index (χ1) is 6.67. The van der Waals surface area contributed by atoms with Crippen LogP contribution in [0.4, 0.5) is 11.4 Å². The van der Waals surface area contributed by atoms with Gasteiger partial charge in [-0.3, -0.25) is 4.79 Å². The van der Waals surface area contributed by atoms with Crippen LogP contribution in [-0.4, -0.2) is 20.1 Å². The van der Waals surface area contributed by atoms with E-state index in [1.54, 1.807) is 13.2 Å². The van der Waals surface area contributed by atoms with E-state index in [1.165, 1.54) is 6.92 Å². The predicted octanol–water partition coefficient (Wildman–Crippen LogP) is 1.70. The van der Waals surface area contributed by atoms with Gasteiger partial charge in [-0.2, -0.15) is 0 Å². The number of carbonyl (C=O) groups excluding carboxylic acids is 1. The molecule has 1 amide bonds. The molecule has 0 aliphatic carbocycles. The Balaban J connectivity index is 2.98. The zero-order chi connectivity index (χ0) is 10.6. The van der Waals surface area contributed by atoms with Crippen molar-refractivity contribution in [3.8, 4) is 5.75 Å². The fraction of sp³-hybridized carbons (Fsp3) is 0.300. The predicted molar refractivity (Wildman–Crippen MR) is 56.8 cm³/mol. The Labute approximate surface area is 83.3 Å². The van der Waals surface area contributed by atoms with Crippen molar-refractivity contribution in [3.63, 3.8) is 0 Å². The first kappa shape index (κ1) is 10.4. The minimum atomic E-state index is -0.111. The van der Waals surface area contributed by atoms with Gasteiger partial charge >= 0.3 is 0 Å². The molecule has 0 atom stereocenters. The Morgan fingerprint density at radius 3 is 2.64 bits per heavy atom. The third-order valence-electron chi connectivity index (χ3n) is 1.80. The highest BCUT2D eigenvalue weighted by atomic mass is 16.5. The van der Waals surface area contributed by atoms with E-state index in [0.29, 0.717) is 11.4 Å². The summed E-state index contributed by atoms with van der Waals surface area (Å²) in [5.41, 5.74) is 1.62. The van der Waals surface area contributed by atoms with Crippen molar-refractivity contribution in [2.24, 2.45) is 0 Å². The highest BCUT2D eigenvalue weighted by molar-refractivity contribution is 5.90. The lowest BCUT2D eigenvalue weighted by molar-refractivity contribution is -0.114. The monoisotopic (exact) mass is 194 g/mol. The number of hydrogen-bond donors (Lipinski definition) is 2. The van der Waals surface area contributed by atoms with Gasteiger partial charge in [-0.15, -0.1) is 0 Å². The van der Waals surface area contributed by atoms with E-state index in [4.69, 9.17) is 4.74 Å². The molecule has 0 unspecified atom stereocenters. The first-order valence-corrected chi connectivity index (χ1v) is 4.30. The number of nitrogens with one attached hydrogen (secondary N) is 2. The lowest BCUT2D eigenvalue weighted by Gasteiger charge is -2.10. The number of anilines is 2. The third-order valence-corrected chi connectivity index (χ3v) is 1.80. The Morgan fingerprint density at radius 1 is 1.43 bits per heavy atom. The van der Waals surface area contributed by atoms with Crippen LogP contribution in [0.15, 0.2) is 18.2 Å². The molecule has 4 heteroatoms. The van der Waals surface area contributed by atoms with Crippen molar-refractivity contribution < 1.29 is 9.53 Å². The molecule has 0 aromatic heterocycles. The lowest BCUT2D eigenvalue weighted by Crippen LogP contribution is -2.07. The molecule has 76 valence electrons. The summed E-state index contributed by atoms with van der Waals surface area (Å²) in [6.07, 6.45) is 0. The smallest absolute Gasteiger partial charge is 0.221 e. The standard InChI is InChI=1S/C10H14N2O2/c1-7(13)12-9-5-4-8(11-2)6-10(9)14-3/h4-6,11H,1-3H3,(H,12,13). The quantitative estimate of drug-likeness (QED) is 0.770. The van der Waals surface area contributed by atoms with Gasteiger partial charge in [0.05, 0.1) is 12.8 Å². The number of amides is 1. The molecular formula is C10H14N2O2. The molecule has 0 aliphatic heterocycles. The Bertz CT molecular complexity index is 337. The summed E-state index contributed by atoms with van der Waals surface area (Å²) in [5.74, 6) is 0.535. The average molecular weight is 194 g/mol. The molecule has 2 N–H and O–H groups in total. The second-order valence-corrected chi connectivity index (χ2v) is 2.85. The maximum absolute atomic E-state index is 10.9. The normalized spacial score (nSPS) is 9.36. The molecule has 1 aromatic carbocycles. The van der Waals surface area contributed by atoms with Gasteiger partial charge in [0, 0.05) is 25.7 Å². The van der Waals surface area contributed by atoms with E-state index in [1.807, 2.05) is 19.2 Å². The number of hydrogen-bond acceptors (Lipinski definition) is 3. The Hall–Kier alpha value is -1.71. The largest absolute Gasteiger partial charge is 0.494 e. The Kier molecular flexibility index (Phi) is 3.34. The fourth-order valence-corrected chi connectivity index (χ4v) is 1.14. The molecule has 0 aliphatic rings. The minimum Gasteiger partial charge on any atom is -0.494 e. The third kappa shape index (κ3) is 2.39. The van der Waals surface area contributed by atoms with Crippen molar-refractivity contribution >= 4 is 17.3 Å². The molecule has 0 heterocycles. The number of ether oxygens (including phenoxy) is 1. The molecule has 0 bridgehead atoms. The van der Waals surface area contributed by atoms with E-state index in [9.17, 15) is 4.79 Å². The summed E-state index contributed by atoms with van der Waals surface area (Å²) >= 11 is 0. The molecular weight excluding hydrogens is 180 g/mol. The zero-order valence-electron chi connectivity index (χ0n) is 8.55. The summed E-state index contributed by atoms with van der Waals surface area (Å²) in [4.78, 5) is 10.9. The van der Waals surface area contributed by atoms with Gasteiger partial charge < -0.3 is 15.4 Å². The number of methoxy groups -OCH3 is 1. The summed E-state index contributed by atoms with van der Waals surface area (Å²) in [7, 11) is 3.40. The fourth-order valence-electron chi connectivity index (χ4n) is 1.14. The molecule has 4 nitrogen and oxygen atoms in total. The van der Waals surface area contributed by atoms with Gasteiger partial charge in [0.2, 0.25) is 5.91 Å². The van der Waals surface area contributed by atoms with Gasteiger partial charge in [0.1, 0.15) is 5.75 Å². The summed E-state index contributed by atoms with van der Waals surface area (Å²) < 4.78 is 5.13. The van der Waals surface area contributed by atoms with Gasteiger partial charge in [0.25, 0.3) is 0 Å². The SMILES string of the molecule is CNc1ccc(NC(C)=O)c(OC)c1. The number of carbonyl (C=O) groups is 1. The molecule has 0 saturated carbocycles. The summed E-state index contributed by atoms with van der Waals surface area (Å²) in [6.45, 7) is 1.46. The topological polar surface area (TPSA) is 50.4 Å². The van der Waals surface area contributed by atoms with Crippen LogP contribution in [0.2, 0.25) is 0 Å². The molecule has 0 fully saturated rings. The second kappa shape index (κ2) is 4.50. The van der Waals surface area contributed by atoms with E-state index in [-0.39, 0.29) is 5.91 Å². The first-order valence-electron chi connectivity index (χ1n) is 4.30. The van der Waals surface area contributed by atoms with Crippen molar-refractivity contribution in [2.75, 3.05) is 24.8 Å². The maximum Gasteiger partial charge on any atom is 0.221 e. The van der Waals surface area contributed by atoms with Gasteiger partial charge in [-0.05, 0) is 12.1 Å². The second-order valence-electron chi connectivity index (χ2n) is 2.85. The van der Waals surface area contributed by atoms with Crippen LogP contribution in [0.5, 0.6) is 5.75 Å². The molecule has 0 spiro atoms. The van der Waals surface area contributed by atoms with E-state index >= 15 is 0 Å².